The average molecular weight is 245 g/mol. The summed E-state index contributed by atoms with van der Waals surface area (Å²) in [5.41, 5.74) is 0.0247. The van der Waals surface area contributed by atoms with E-state index in [4.69, 9.17) is 4.74 Å². The highest BCUT2D eigenvalue weighted by molar-refractivity contribution is 5.67. The number of carbonyl (C=O) groups excluding carboxylic acids is 1. The third-order valence-corrected chi connectivity index (χ3v) is 2.18. The van der Waals surface area contributed by atoms with Crippen LogP contribution in [0.15, 0.2) is 0 Å². The number of amides is 1. The molecule has 0 spiro atoms. The van der Waals surface area contributed by atoms with Crippen LogP contribution in [0.4, 0.5) is 4.79 Å². The highest BCUT2D eigenvalue weighted by atomic mass is 16.5. The van der Waals surface area contributed by atoms with Crippen molar-refractivity contribution in [1.82, 2.24) is 5.32 Å². The number of nitrogens with one attached hydrogen (secondary N) is 1. The Hall–Kier alpha value is -0.730. The van der Waals surface area contributed by atoms with Gasteiger partial charge < -0.3 is 10.1 Å². The lowest BCUT2D eigenvalue weighted by atomic mass is 9.99. The number of hydrogen-bond donors (Lipinski definition) is 1. The predicted molar refractivity (Wildman–Crippen MR) is 74.2 cm³/mol. The molecular weight excluding hydrogens is 214 g/mol. The fourth-order valence-corrected chi connectivity index (χ4v) is 1.22. The molecule has 0 radical (unpaired) electrons. The van der Waals surface area contributed by atoms with Crippen molar-refractivity contribution in [3.05, 3.63) is 0 Å². The van der Waals surface area contributed by atoms with Gasteiger partial charge in [-0.3, -0.25) is 0 Å². The van der Waals surface area contributed by atoms with Gasteiger partial charge in [0.1, 0.15) is 0 Å². The highest BCUT2D eigenvalue weighted by Gasteiger charge is 2.17. The Bertz CT molecular complexity index is 195. The van der Waals surface area contributed by atoms with Gasteiger partial charge >= 0.3 is 6.09 Å². The van der Waals surface area contributed by atoms with E-state index in [1.54, 1.807) is 0 Å². The molecule has 0 aliphatic carbocycles. The third-order valence-electron chi connectivity index (χ3n) is 2.18. The van der Waals surface area contributed by atoms with E-state index in [9.17, 15) is 4.79 Å². The molecule has 0 fully saturated rings. The van der Waals surface area contributed by atoms with E-state index in [2.05, 4.69) is 26.1 Å². The highest BCUT2D eigenvalue weighted by Crippen LogP contribution is 2.13. The lowest BCUT2D eigenvalue weighted by Gasteiger charge is -2.22. The molecule has 0 aromatic rings. The minimum Gasteiger partial charge on any atom is -0.449 e. The van der Waals surface area contributed by atoms with Crippen LogP contribution >= 0.6 is 0 Å². The molecule has 0 aromatic heterocycles. The van der Waals surface area contributed by atoms with Gasteiger partial charge in [-0.1, -0.05) is 55.4 Å². The zero-order chi connectivity index (χ0) is 14.1. The van der Waals surface area contributed by atoms with Crippen LogP contribution in [0.1, 0.15) is 61.8 Å². The van der Waals surface area contributed by atoms with E-state index < -0.39 is 0 Å². The minimum absolute atomic E-state index is 0.0247. The summed E-state index contributed by atoms with van der Waals surface area (Å²) in [6.07, 6.45) is 0.632. The number of carbonyl (C=O) groups is 1. The molecule has 0 saturated heterocycles. The molecule has 17 heavy (non-hydrogen) atoms. The average Bonchev–Trinajstić information content (AvgIpc) is 2.24. The second kappa shape index (κ2) is 9.32. The normalized spacial score (nSPS) is 12.5. The van der Waals surface area contributed by atoms with Crippen LogP contribution in [0.5, 0.6) is 0 Å². The van der Waals surface area contributed by atoms with Crippen molar-refractivity contribution in [2.24, 2.45) is 11.3 Å². The van der Waals surface area contributed by atoms with Crippen molar-refractivity contribution >= 4 is 6.09 Å². The van der Waals surface area contributed by atoms with Crippen LogP contribution in [-0.4, -0.2) is 18.7 Å². The number of alkyl carbamates (subject to hydrolysis) is 1. The van der Waals surface area contributed by atoms with Crippen molar-refractivity contribution in [2.75, 3.05) is 6.61 Å². The maximum absolute atomic E-state index is 11.4. The monoisotopic (exact) mass is 245 g/mol. The summed E-state index contributed by atoms with van der Waals surface area (Å²) < 4.78 is 5.14. The van der Waals surface area contributed by atoms with Crippen molar-refractivity contribution in [2.45, 2.75) is 67.9 Å². The molecule has 1 unspecified atom stereocenters. The summed E-state index contributed by atoms with van der Waals surface area (Å²) in [7, 11) is 0. The molecule has 3 nitrogen and oxygen atoms in total. The summed E-state index contributed by atoms with van der Waals surface area (Å²) in [5, 5.41) is 2.88. The first-order valence-electron chi connectivity index (χ1n) is 6.69. The topological polar surface area (TPSA) is 38.3 Å². The smallest absolute Gasteiger partial charge is 0.407 e. The Morgan fingerprint density at radius 3 is 2.00 bits per heavy atom. The SMILES string of the molecule is CC.CCC(NC(=O)OCC(C)(C)C)C(C)C. The van der Waals surface area contributed by atoms with Gasteiger partial charge in [-0.25, -0.2) is 4.79 Å². The third kappa shape index (κ3) is 11.5. The zero-order valence-corrected chi connectivity index (χ0v) is 12.9. The molecule has 0 bridgehead atoms. The Morgan fingerprint density at radius 2 is 1.71 bits per heavy atom. The number of hydrogen-bond acceptors (Lipinski definition) is 2. The maximum Gasteiger partial charge on any atom is 0.407 e. The Kier molecular flexibility index (Phi) is 10.2. The molecule has 0 aliphatic rings. The molecule has 0 heterocycles. The van der Waals surface area contributed by atoms with Crippen molar-refractivity contribution in [3.63, 3.8) is 0 Å². The van der Waals surface area contributed by atoms with Gasteiger partial charge in [0.25, 0.3) is 0 Å². The van der Waals surface area contributed by atoms with Gasteiger partial charge in [0, 0.05) is 6.04 Å². The van der Waals surface area contributed by atoms with E-state index in [-0.39, 0.29) is 17.6 Å². The van der Waals surface area contributed by atoms with Crippen LogP contribution in [0, 0.1) is 11.3 Å². The second-order valence-electron chi connectivity index (χ2n) is 5.54. The van der Waals surface area contributed by atoms with Crippen molar-refractivity contribution in [3.8, 4) is 0 Å². The number of rotatable bonds is 4. The summed E-state index contributed by atoms with van der Waals surface area (Å²) in [6, 6.07) is 0.206. The first-order chi connectivity index (χ1) is 7.76. The summed E-state index contributed by atoms with van der Waals surface area (Å²) in [6.45, 7) is 16.8. The second-order valence-corrected chi connectivity index (χ2v) is 5.54. The van der Waals surface area contributed by atoms with Gasteiger partial charge in [-0.2, -0.15) is 0 Å². The fourth-order valence-electron chi connectivity index (χ4n) is 1.22. The minimum atomic E-state index is -0.300. The lowest BCUT2D eigenvalue weighted by Crippen LogP contribution is -2.39. The molecular formula is C14H31NO2. The molecule has 1 atom stereocenters. The van der Waals surface area contributed by atoms with E-state index in [1.165, 1.54) is 0 Å². The summed E-state index contributed by atoms with van der Waals surface area (Å²) >= 11 is 0. The van der Waals surface area contributed by atoms with Gasteiger partial charge in [0.2, 0.25) is 0 Å². The Balaban J connectivity index is 0. The van der Waals surface area contributed by atoms with Crippen molar-refractivity contribution < 1.29 is 9.53 Å². The maximum atomic E-state index is 11.4. The molecule has 104 valence electrons. The Morgan fingerprint density at radius 1 is 1.24 bits per heavy atom. The van der Waals surface area contributed by atoms with E-state index in [0.29, 0.717) is 12.5 Å². The summed E-state index contributed by atoms with van der Waals surface area (Å²) in [5.74, 6) is 0.442. The largest absolute Gasteiger partial charge is 0.449 e. The lowest BCUT2D eigenvalue weighted by molar-refractivity contribution is 0.101. The first kappa shape index (κ1) is 18.6. The molecule has 3 heteroatoms. The molecule has 0 aromatic carbocycles. The predicted octanol–water partition coefficient (Wildman–Crippen LogP) is 4.22. The van der Waals surface area contributed by atoms with Gasteiger partial charge in [0.15, 0.2) is 0 Å². The first-order valence-corrected chi connectivity index (χ1v) is 6.69. The number of ether oxygens (including phenoxy) is 1. The molecule has 0 rings (SSSR count). The molecule has 0 aliphatic heterocycles. The molecule has 0 saturated carbocycles. The summed E-state index contributed by atoms with van der Waals surface area (Å²) in [4.78, 5) is 11.4. The Labute approximate surface area is 107 Å². The van der Waals surface area contributed by atoms with Crippen LogP contribution < -0.4 is 5.32 Å². The van der Waals surface area contributed by atoms with Gasteiger partial charge in [0.05, 0.1) is 6.61 Å². The standard InChI is InChI=1S/C12H25NO2.C2H6/c1-7-10(9(2)3)13-11(14)15-8-12(4,5)6;1-2/h9-10H,7-8H2,1-6H3,(H,13,14);1-2H3. The van der Waals surface area contributed by atoms with Crippen LogP contribution in [0.25, 0.3) is 0 Å². The van der Waals surface area contributed by atoms with E-state index >= 15 is 0 Å². The van der Waals surface area contributed by atoms with E-state index in [1.807, 2.05) is 34.6 Å². The molecule has 1 N–H and O–H groups in total. The van der Waals surface area contributed by atoms with E-state index in [0.717, 1.165) is 6.42 Å². The fraction of sp³-hybridized carbons (Fsp3) is 0.929. The quantitative estimate of drug-likeness (QED) is 0.805. The van der Waals surface area contributed by atoms with Gasteiger partial charge in [-0.05, 0) is 17.8 Å². The van der Waals surface area contributed by atoms with Gasteiger partial charge in [-0.15, -0.1) is 0 Å². The molecule has 1 amide bonds. The van der Waals surface area contributed by atoms with Crippen molar-refractivity contribution in [1.29, 1.82) is 0 Å². The zero-order valence-electron chi connectivity index (χ0n) is 12.9. The van der Waals surface area contributed by atoms with Crippen LogP contribution in [-0.2, 0) is 4.74 Å². The van der Waals surface area contributed by atoms with Crippen LogP contribution in [0.2, 0.25) is 0 Å². The van der Waals surface area contributed by atoms with Crippen LogP contribution in [0.3, 0.4) is 0 Å².